The Balaban J connectivity index is 1.67. The largest absolute Gasteiger partial charge is 0.413 e. The molecule has 8 heteroatoms. The van der Waals surface area contributed by atoms with Crippen LogP contribution < -0.4 is 15.4 Å². The predicted octanol–water partition coefficient (Wildman–Crippen LogP) is 3.62. The van der Waals surface area contributed by atoms with Gasteiger partial charge in [0.05, 0.1) is 0 Å². The van der Waals surface area contributed by atoms with E-state index in [0.717, 1.165) is 0 Å². The maximum absolute atomic E-state index is 14.2. The molecule has 2 N–H and O–H groups in total. The number of para-hydroxylation sites is 1. The van der Waals surface area contributed by atoms with Gasteiger partial charge >= 0.3 is 6.09 Å². The third-order valence-corrected chi connectivity index (χ3v) is 5.84. The smallest absolute Gasteiger partial charge is 0.410 e. The summed E-state index contributed by atoms with van der Waals surface area (Å²) in [5.74, 6) is 1.46. The molecule has 35 heavy (non-hydrogen) atoms. The molecule has 2 unspecified atom stereocenters. The van der Waals surface area contributed by atoms with Crippen molar-refractivity contribution in [3.05, 3.63) is 65.5 Å². The average molecular weight is 480 g/mol. The van der Waals surface area contributed by atoms with E-state index in [2.05, 4.69) is 16.6 Å². The summed E-state index contributed by atoms with van der Waals surface area (Å²) in [6.07, 6.45) is 5.64. The molecule has 1 aliphatic rings. The summed E-state index contributed by atoms with van der Waals surface area (Å²) >= 11 is 0. The van der Waals surface area contributed by atoms with E-state index in [1.54, 1.807) is 36.4 Å². The van der Waals surface area contributed by atoms with E-state index >= 15 is 0 Å². The van der Waals surface area contributed by atoms with Crippen molar-refractivity contribution in [3.63, 3.8) is 0 Å². The van der Waals surface area contributed by atoms with Crippen LogP contribution in [0.1, 0.15) is 44.7 Å². The third-order valence-electron chi connectivity index (χ3n) is 5.84. The second-order valence-electron chi connectivity index (χ2n) is 9.50. The van der Waals surface area contributed by atoms with Crippen LogP contribution in [0.3, 0.4) is 0 Å². The van der Waals surface area contributed by atoms with Gasteiger partial charge in [-0.05, 0) is 42.5 Å². The molecule has 2 aromatic rings. The number of nitrogens with one attached hydrogen (secondary N) is 2. The number of amides is 3. The van der Waals surface area contributed by atoms with Gasteiger partial charge in [0.2, 0.25) is 11.8 Å². The van der Waals surface area contributed by atoms with Crippen molar-refractivity contribution in [3.8, 4) is 18.1 Å². The van der Waals surface area contributed by atoms with Crippen molar-refractivity contribution in [2.24, 2.45) is 5.41 Å². The molecule has 184 valence electrons. The van der Waals surface area contributed by atoms with Crippen molar-refractivity contribution in [1.29, 1.82) is 0 Å². The highest BCUT2D eigenvalue weighted by molar-refractivity contribution is 5.92. The summed E-state index contributed by atoms with van der Waals surface area (Å²) in [6, 6.07) is 11.3. The molecular weight excluding hydrogens is 449 g/mol. The van der Waals surface area contributed by atoms with E-state index in [4.69, 9.17) is 11.2 Å². The lowest BCUT2D eigenvalue weighted by Crippen LogP contribution is -2.58. The molecule has 0 bridgehead atoms. The van der Waals surface area contributed by atoms with E-state index in [9.17, 15) is 18.8 Å². The summed E-state index contributed by atoms with van der Waals surface area (Å²) in [5, 5.41) is 5.39. The lowest BCUT2D eigenvalue weighted by Gasteiger charge is -2.35. The fourth-order valence-corrected chi connectivity index (χ4v) is 3.94. The van der Waals surface area contributed by atoms with Gasteiger partial charge in [0, 0.05) is 24.2 Å². The molecule has 3 rings (SSSR count). The van der Waals surface area contributed by atoms with E-state index in [1.807, 2.05) is 20.8 Å². The maximum Gasteiger partial charge on any atom is 0.413 e. The van der Waals surface area contributed by atoms with E-state index in [0.29, 0.717) is 36.3 Å². The average Bonchev–Trinajstić information content (AvgIpc) is 3.31. The SMILES string of the molecule is C#Cc1ccc(CNC(=O)C2CCCN2C(=O)C(NC(=O)Oc2ccccc2)C(C)(C)C)c(F)c1. The first kappa shape index (κ1) is 25.8. The molecule has 2 aromatic carbocycles. The topological polar surface area (TPSA) is 87.7 Å². The number of carbonyl (C=O) groups is 3. The van der Waals surface area contributed by atoms with Crippen LogP contribution in [0.15, 0.2) is 48.5 Å². The number of benzene rings is 2. The summed E-state index contributed by atoms with van der Waals surface area (Å²) in [4.78, 5) is 40.4. The van der Waals surface area contributed by atoms with E-state index in [-0.39, 0.29) is 18.4 Å². The fourth-order valence-electron chi connectivity index (χ4n) is 3.94. The molecule has 1 heterocycles. The van der Waals surface area contributed by atoms with Crippen LogP contribution in [0.25, 0.3) is 0 Å². The Labute approximate surface area is 205 Å². The minimum Gasteiger partial charge on any atom is -0.410 e. The Bertz CT molecular complexity index is 1120. The van der Waals surface area contributed by atoms with Gasteiger partial charge in [0.25, 0.3) is 0 Å². The number of likely N-dealkylation sites (tertiary alicyclic amines) is 1. The van der Waals surface area contributed by atoms with E-state index < -0.39 is 29.4 Å². The van der Waals surface area contributed by atoms with Gasteiger partial charge in [-0.1, -0.05) is 51.0 Å². The summed E-state index contributed by atoms with van der Waals surface area (Å²) in [7, 11) is 0. The summed E-state index contributed by atoms with van der Waals surface area (Å²) in [5.41, 5.74) is 0.0703. The third kappa shape index (κ3) is 6.60. The minimum absolute atomic E-state index is 0.0294. The maximum atomic E-state index is 14.2. The fraction of sp³-hybridized carbons (Fsp3) is 0.370. The number of halogens is 1. The number of ether oxygens (including phenoxy) is 1. The number of rotatable bonds is 6. The van der Waals surface area contributed by atoms with Crippen LogP contribution in [0.4, 0.5) is 9.18 Å². The lowest BCUT2D eigenvalue weighted by atomic mass is 9.85. The zero-order valence-corrected chi connectivity index (χ0v) is 20.1. The molecule has 3 amide bonds. The van der Waals surface area contributed by atoms with Gasteiger partial charge in [-0.2, -0.15) is 0 Å². The van der Waals surface area contributed by atoms with Crippen LogP contribution >= 0.6 is 0 Å². The molecule has 0 saturated carbocycles. The number of nitrogens with zero attached hydrogens (tertiary/aromatic N) is 1. The highest BCUT2D eigenvalue weighted by Crippen LogP contribution is 2.26. The Hall–Kier alpha value is -3.86. The normalized spacial score (nSPS) is 16.2. The summed E-state index contributed by atoms with van der Waals surface area (Å²) in [6.45, 7) is 5.83. The van der Waals surface area contributed by atoms with Gasteiger partial charge in [0.1, 0.15) is 23.7 Å². The van der Waals surface area contributed by atoms with Gasteiger partial charge in [-0.25, -0.2) is 9.18 Å². The Morgan fingerprint density at radius 3 is 2.54 bits per heavy atom. The second-order valence-corrected chi connectivity index (χ2v) is 9.50. The zero-order valence-electron chi connectivity index (χ0n) is 20.1. The molecule has 0 aliphatic carbocycles. The number of carbonyl (C=O) groups excluding carboxylic acids is 3. The van der Waals surface area contributed by atoms with Gasteiger partial charge in [-0.15, -0.1) is 6.42 Å². The van der Waals surface area contributed by atoms with Crippen molar-refractivity contribution in [1.82, 2.24) is 15.5 Å². The molecule has 2 atom stereocenters. The van der Waals surface area contributed by atoms with Crippen molar-refractivity contribution < 1.29 is 23.5 Å². The predicted molar refractivity (Wildman–Crippen MR) is 130 cm³/mol. The standard InChI is InChI=1S/C27H30FN3O4/c1-5-18-13-14-19(21(28)16-18)17-29-24(32)22-12-9-15-31(22)25(33)23(27(2,3)4)30-26(34)35-20-10-7-6-8-11-20/h1,6-8,10-11,13-14,16,22-23H,9,12,15,17H2,2-4H3,(H,29,32)(H,30,34). The van der Waals surface area contributed by atoms with E-state index in [1.165, 1.54) is 17.0 Å². The molecule has 7 nitrogen and oxygen atoms in total. The Kier molecular flexibility index (Phi) is 8.13. The number of hydrogen-bond acceptors (Lipinski definition) is 4. The van der Waals surface area contributed by atoms with Crippen LogP contribution in [0.2, 0.25) is 0 Å². The molecule has 0 spiro atoms. The van der Waals surface area contributed by atoms with Crippen LogP contribution in [-0.4, -0.2) is 41.4 Å². The highest BCUT2D eigenvalue weighted by atomic mass is 19.1. The van der Waals surface area contributed by atoms with Gasteiger partial charge < -0.3 is 20.3 Å². The minimum atomic E-state index is -0.916. The molecule has 1 fully saturated rings. The second kappa shape index (κ2) is 11.0. The lowest BCUT2D eigenvalue weighted by molar-refractivity contribution is -0.142. The first-order valence-electron chi connectivity index (χ1n) is 11.5. The summed E-state index contributed by atoms with van der Waals surface area (Å²) < 4.78 is 19.5. The van der Waals surface area contributed by atoms with Crippen molar-refractivity contribution in [2.45, 2.75) is 52.2 Å². The van der Waals surface area contributed by atoms with Gasteiger partial charge in [0.15, 0.2) is 0 Å². The van der Waals surface area contributed by atoms with Crippen molar-refractivity contribution in [2.75, 3.05) is 6.54 Å². The first-order valence-corrected chi connectivity index (χ1v) is 11.5. The number of terminal acetylenes is 1. The zero-order chi connectivity index (χ0) is 25.6. The van der Waals surface area contributed by atoms with Crippen molar-refractivity contribution >= 4 is 17.9 Å². The molecule has 1 saturated heterocycles. The monoisotopic (exact) mass is 479 g/mol. The molecular formula is C27H30FN3O4. The number of hydrogen-bond donors (Lipinski definition) is 2. The quantitative estimate of drug-likeness (QED) is 0.620. The Morgan fingerprint density at radius 1 is 1.20 bits per heavy atom. The van der Waals surface area contributed by atoms with Crippen LogP contribution in [-0.2, 0) is 16.1 Å². The molecule has 0 radical (unpaired) electrons. The first-order chi connectivity index (χ1) is 16.6. The highest BCUT2D eigenvalue weighted by Gasteiger charge is 2.42. The Morgan fingerprint density at radius 2 is 1.91 bits per heavy atom. The van der Waals surface area contributed by atoms with Gasteiger partial charge in [-0.3, -0.25) is 9.59 Å². The van der Waals surface area contributed by atoms with Crippen LogP contribution in [0, 0.1) is 23.6 Å². The molecule has 0 aromatic heterocycles. The van der Waals surface area contributed by atoms with Crippen LogP contribution in [0.5, 0.6) is 5.75 Å². The molecule has 1 aliphatic heterocycles.